The van der Waals surface area contributed by atoms with Crippen LogP contribution in [0.1, 0.15) is 31.4 Å². The summed E-state index contributed by atoms with van der Waals surface area (Å²) in [7, 11) is 3.35. The van der Waals surface area contributed by atoms with Crippen LogP contribution in [-0.2, 0) is 4.74 Å². The molecule has 0 amide bonds. The van der Waals surface area contributed by atoms with Crippen LogP contribution in [0.15, 0.2) is 18.2 Å². The Morgan fingerprint density at radius 3 is 2.65 bits per heavy atom. The fraction of sp³-hybridized carbons (Fsp3) is 0.625. The van der Waals surface area contributed by atoms with E-state index in [4.69, 9.17) is 14.2 Å². The normalized spacial score (nSPS) is 15.9. The molecule has 20 heavy (non-hydrogen) atoms. The Bertz CT molecular complexity index is 418. The van der Waals surface area contributed by atoms with Crippen molar-refractivity contribution in [2.75, 3.05) is 34.0 Å². The lowest BCUT2D eigenvalue weighted by Crippen LogP contribution is -2.26. The van der Waals surface area contributed by atoms with Gasteiger partial charge in [-0.1, -0.05) is 6.92 Å². The second-order valence-corrected chi connectivity index (χ2v) is 5.20. The van der Waals surface area contributed by atoms with Gasteiger partial charge in [-0.25, -0.2) is 0 Å². The lowest BCUT2D eigenvalue weighted by atomic mass is 10.1. The summed E-state index contributed by atoms with van der Waals surface area (Å²) in [5.74, 6) is 2.43. The van der Waals surface area contributed by atoms with Gasteiger partial charge >= 0.3 is 0 Å². The second kappa shape index (κ2) is 7.50. The van der Waals surface area contributed by atoms with Crippen molar-refractivity contribution >= 4 is 0 Å². The number of methoxy groups -OCH3 is 2. The summed E-state index contributed by atoms with van der Waals surface area (Å²) in [6.07, 6.45) is 2.63. The Balaban J connectivity index is 2.05. The number of likely N-dealkylation sites (N-methyl/N-ethyl adjacent to an activating group) is 1. The number of nitrogens with one attached hydrogen (secondary N) is 1. The molecule has 1 saturated carbocycles. The number of benzene rings is 1. The molecule has 0 heterocycles. The van der Waals surface area contributed by atoms with Crippen molar-refractivity contribution in [3.8, 4) is 11.5 Å². The smallest absolute Gasteiger partial charge is 0.127 e. The van der Waals surface area contributed by atoms with Gasteiger partial charge in [0, 0.05) is 18.2 Å². The predicted octanol–water partition coefficient (Wildman–Crippen LogP) is 2.78. The monoisotopic (exact) mass is 279 g/mol. The van der Waals surface area contributed by atoms with Gasteiger partial charge in [-0.15, -0.1) is 0 Å². The Labute approximate surface area is 121 Å². The highest BCUT2D eigenvalue weighted by molar-refractivity contribution is 5.42. The van der Waals surface area contributed by atoms with E-state index in [1.165, 1.54) is 12.8 Å². The van der Waals surface area contributed by atoms with Gasteiger partial charge in [0.1, 0.15) is 11.5 Å². The molecule has 4 nitrogen and oxygen atoms in total. The van der Waals surface area contributed by atoms with Gasteiger partial charge < -0.3 is 19.5 Å². The maximum Gasteiger partial charge on any atom is 0.127 e. The minimum absolute atomic E-state index is 0.152. The van der Waals surface area contributed by atoms with E-state index in [0.717, 1.165) is 36.1 Å². The maximum absolute atomic E-state index is 5.83. The highest BCUT2D eigenvalue weighted by atomic mass is 16.5. The zero-order chi connectivity index (χ0) is 14.4. The first-order valence-electron chi connectivity index (χ1n) is 7.31. The number of ether oxygens (including phenoxy) is 3. The first kappa shape index (κ1) is 15.1. The van der Waals surface area contributed by atoms with Crippen molar-refractivity contribution in [3.63, 3.8) is 0 Å². The van der Waals surface area contributed by atoms with Crippen molar-refractivity contribution in [3.05, 3.63) is 23.8 Å². The average Bonchev–Trinajstić information content (AvgIpc) is 3.30. The lowest BCUT2D eigenvalue weighted by molar-refractivity contribution is 0.102. The lowest BCUT2D eigenvalue weighted by Gasteiger charge is -2.21. The molecule has 1 aromatic rings. The molecule has 4 heteroatoms. The van der Waals surface area contributed by atoms with Crippen LogP contribution in [0.3, 0.4) is 0 Å². The molecule has 1 unspecified atom stereocenters. The van der Waals surface area contributed by atoms with Crippen molar-refractivity contribution in [2.24, 2.45) is 5.92 Å². The molecule has 0 spiro atoms. The minimum Gasteiger partial charge on any atom is -0.497 e. The Kier molecular flexibility index (Phi) is 5.68. The quantitative estimate of drug-likeness (QED) is 0.754. The number of rotatable bonds is 9. The topological polar surface area (TPSA) is 39.7 Å². The molecular weight excluding hydrogens is 254 g/mol. The molecule has 1 fully saturated rings. The fourth-order valence-electron chi connectivity index (χ4n) is 2.25. The van der Waals surface area contributed by atoms with Crippen LogP contribution < -0.4 is 14.8 Å². The molecule has 1 N–H and O–H groups in total. The van der Waals surface area contributed by atoms with E-state index < -0.39 is 0 Å². The summed E-state index contributed by atoms with van der Waals surface area (Å²) in [5.41, 5.74) is 1.12. The van der Waals surface area contributed by atoms with Crippen molar-refractivity contribution in [1.29, 1.82) is 0 Å². The van der Waals surface area contributed by atoms with Gasteiger partial charge in [0.15, 0.2) is 0 Å². The first-order valence-corrected chi connectivity index (χ1v) is 7.31. The summed E-state index contributed by atoms with van der Waals surface area (Å²) in [6, 6.07) is 6.08. The molecular formula is C16H25NO3. The van der Waals surface area contributed by atoms with E-state index in [0.29, 0.717) is 6.61 Å². The summed E-state index contributed by atoms with van der Waals surface area (Å²) in [4.78, 5) is 0. The van der Waals surface area contributed by atoms with Crippen LogP contribution in [0.2, 0.25) is 0 Å². The van der Waals surface area contributed by atoms with Crippen LogP contribution in [0.5, 0.6) is 11.5 Å². The molecule has 1 aliphatic carbocycles. The molecule has 1 aliphatic rings. The molecule has 1 aromatic carbocycles. The summed E-state index contributed by atoms with van der Waals surface area (Å²) in [5, 5.41) is 3.46. The fourth-order valence-corrected chi connectivity index (χ4v) is 2.25. The van der Waals surface area contributed by atoms with Gasteiger partial charge in [0.25, 0.3) is 0 Å². The molecule has 0 radical (unpaired) electrons. The standard InChI is InChI=1S/C16H25NO3/c1-4-17-15(11-20-10-12-5-6-12)14-8-7-13(18-2)9-16(14)19-3/h7-9,12,15,17H,4-6,10-11H2,1-3H3. The van der Waals surface area contributed by atoms with Crippen LogP contribution in [0.4, 0.5) is 0 Å². The van der Waals surface area contributed by atoms with E-state index in [-0.39, 0.29) is 6.04 Å². The van der Waals surface area contributed by atoms with Gasteiger partial charge in [-0.3, -0.25) is 0 Å². The highest BCUT2D eigenvalue weighted by Crippen LogP contribution is 2.31. The van der Waals surface area contributed by atoms with Gasteiger partial charge in [-0.2, -0.15) is 0 Å². The van der Waals surface area contributed by atoms with Crippen molar-refractivity contribution in [1.82, 2.24) is 5.32 Å². The van der Waals surface area contributed by atoms with Crippen LogP contribution >= 0.6 is 0 Å². The molecule has 0 saturated heterocycles. The Morgan fingerprint density at radius 1 is 1.25 bits per heavy atom. The maximum atomic E-state index is 5.83. The molecule has 112 valence electrons. The van der Waals surface area contributed by atoms with Crippen molar-refractivity contribution < 1.29 is 14.2 Å². The number of hydrogen-bond donors (Lipinski definition) is 1. The number of hydrogen-bond acceptors (Lipinski definition) is 4. The third-order valence-electron chi connectivity index (χ3n) is 3.60. The Morgan fingerprint density at radius 2 is 2.05 bits per heavy atom. The van der Waals surface area contributed by atoms with Gasteiger partial charge in [0.05, 0.1) is 26.9 Å². The second-order valence-electron chi connectivity index (χ2n) is 5.20. The van der Waals surface area contributed by atoms with Gasteiger partial charge in [-0.05, 0) is 37.4 Å². The summed E-state index contributed by atoms with van der Waals surface area (Å²) in [6.45, 7) is 4.55. The van der Waals surface area contributed by atoms with E-state index in [1.54, 1.807) is 14.2 Å². The zero-order valence-electron chi connectivity index (χ0n) is 12.6. The molecule has 0 bridgehead atoms. The summed E-state index contributed by atoms with van der Waals surface area (Å²) < 4.78 is 16.6. The van der Waals surface area contributed by atoms with E-state index in [9.17, 15) is 0 Å². The minimum atomic E-state index is 0.152. The van der Waals surface area contributed by atoms with Crippen LogP contribution in [0, 0.1) is 5.92 Å². The van der Waals surface area contributed by atoms with Crippen LogP contribution in [0.25, 0.3) is 0 Å². The highest BCUT2D eigenvalue weighted by Gasteiger charge is 2.23. The Hall–Kier alpha value is -1.26. The average molecular weight is 279 g/mol. The SMILES string of the molecule is CCNC(COCC1CC1)c1ccc(OC)cc1OC. The largest absolute Gasteiger partial charge is 0.497 e. The molecule has 0 aliphatic heterocycles. The summed E-state index contributed by atoms with van der Waals surface area (Å²) >= 11 is 0. The van der Waals surface area contributed by atoms with Crippen molar-refractivity contribution in [2.45, 2.75) is 25.8 Å². The van der Waals surface area contributed by atoms with Crippen LogP contribution in [-0.4, -0.2) is 34.0 Å². The molecule has 0 aromatic heterocycles. The van der Waals surface area contributed by atoms with E-state index >= 15 is 0 Å². The zero-order valence-corrected chi connectivity index (χ0v) is 12.6. The molecule has 1 atom stereocenters. The first-order chi connectivity index (χ1) is 9.78. The molecule has 2 rings (SSSR count). The van der Waals surface area contributed by atoms with E-state index in [2.05, 4.69) is 12.2 Å². The third-order valence-corrected chi connectivity index (χ3v) is 3.60. The van der Waals surface area contributed by atoms with E-state index in [1.807, 2.05) is 18.2 Å². The van der Waals surface area contributed by atoms with Gasteiger partial charge in [0.2, 0.25) is 0 Å². The third kappa shape index (κ3) is 4.12. The predicted molar refractivity (Wildman–Crippen MR) is 79.5 cm³/mol.